The van der Waals surface area contributed by atoms with Crippen LogP contribution >= 0.6 is 0 Å². The molecule has 29 heavy (non-hydrogen) atoms. The van der Waals surface area contributed by atoms with Crippen LogP contribution in [0.3, 0.4) is 0 Å². The first-order valence-electron chi connectivity index (χ1n) is 13.0. The van der Waals surface area contributed by atoms with Crippen LogP contribution in [0.25, 0.3) is 0 Å². The van der Waals surface area contributed by atoms with Crippen LogP contribution in [0.4, 0.5) is 0 Å². The summed E-state index contributed by atoms with van der Waals surface area (Å²) in [6.45, 7) is 20.3. The van der Waals surface area contributed by atoms with Gasteiger partial charge in [-0.05, 0) is 115 Å². The fourth-order valence-corrected chi connectivity index (χ4v) is 10.5. The highest BCUT2D eigenvalue weighted by Crippen LogP contribution is 2.75. The fourth-order valence-electron chi connectivity index (χ4n) is 10.5. The third-order valence-corrected chi connectivity index (χ3v) is 12.2. The van der Waals surface area contributed by atoms with E-state index in [2.05, 4.69) is 54.2 Å². The van der Waals surface area contributed by atoms with E-state index in [0.29, 0.717) is 21.7 Å². The summed E-state index contributed by atoms with van der Waals surface area (Å²) >= 11 is 0. The SMILES string of the molecule is C=C1CCCC2(C)C3=CCC4(C)C5CCC(C(C)C)C5(C)CCC4(C)C3CCC12. The Morgan fingerprint density at radius 2 is 1.62 bits per heavy atom. The number of fused-ring (bicyclic) bond motifs is 7. The highest BCUT2D eigenvalue weighted by molar-refractivity contribution is 5.35. The summed E-state index contributed by atoms with van der Waals surface area (Å²) < 4.78 is 0. The first kappa shape index (κ1) is 20.4. The van der Waals surface area contributed by atoms with Gasteiger partial charge in [0.15, 0.2) is 0 Å². The maximum atomic E-state index is 4.54. The van der Waals surface area contributed by atoms with Gasteiger partial charge in [-0.25, -0.2) is 0 Å². The van der Waals surface area contributed by atoms with Crippen molar-refractivity contribution in [1.29, 1.82) is 0 Å². The molecular formula is C29H46. The lowest BCUT2D eigenvalue weighted by Crippen LogP contribution is -2.60. The predicted octanol–water partition coefficient (Wildman–Crippen LogP) is 8.58. The molecule has 0 spiro atoms. The Labute approximate surface area is 181 Å². The molecule has 0 heterocycles. The van der Waals surface area contributed by atoms with Crippen LogP contribution < -0.4 is 0 Å². The van der Waals surface area contributed by atoms with Gasteiger partial charge in [0.05, 0.1) is 0 Å². The maximum absolute atomic E-state index is 4.54. The average Bonchev–Trinajstić information content (AvgIpc) is 3.02. The predicted molar refractivity (Wildman–Crippen MR) is 125 cm³/mol. The van der Waals surface area contributed by atoms with Crippen molar-refractivity contribution in [3.05, 3.63) is 23.8 Å². The Morgan fingerprint density at radius 3 is 2.34 bits per heavy atom. The van der Waals surface area contributed by atoms with Crippen LogP contribution in [-0.2, 0) is 0 Å². The second kappa shape index (κ2) is 6.26. The molecule has 5 rings (SSSR count). The number of hydrogen-bond acceptors (Lipinski definition) is 0. The van der Waals surface area contributed by atoms with Crippen LogP contribution in [0.15, 0.2) is 23.8 Å². The molecule has 5 aliphatic carbocycles. The van der Waals surface area contributed by atoms with Crippen LogP contribution in [0, 0.1) is 51.2 Å². The van der Waals surface area contributed by atoms with Gasteiger partial charge < -0.3 is 0 Å². The van der Waals surface area contributed by atoms with Gasteiger partial charge in [0.1, 0.15) is 0 Å². The molecule has 5 aliphatic rings. The second-order valence-electron chi connectivity index (χ2n) is 13.3. The second-order valence-corrected chi connectivity index (χ2v) is 13.3. The molecule has 0 aliphatic heterocycles. The van der Waals surface area contributed by atoms with Crippen LogP contribution in [-0.4, -0.2) is 0 Å². The molecule has 8 unspecified atom stereocenters. The van der Waals surface area contributed by atoms with E-state index in [1.165, 1.54) is 64.2 Å². The smallest absolute Gasteiger partial charge is 0.00480 e. The molecule has 0 bridgehead atoms. The van der Waals surface area contributed by atoms with Crippen molar-refractivity contribution < 1.29 is 0 Å². The van der Waals surface area contributed by atoms with Crippen molar-refractivity contribution in [1.82, 2.24) is 0 Å². The highest BCUT2D eigenvalue weighted by Gasteiger charge is 2.67. The molecule has 0 aromatic carbocycles. The van der Waals surface area contributed by atoms with Gasteiger partial charge in [0.25, 0.3) is 0 Å². The van der Waals surface area contributed by atoms with Gasteiger partial charge in [0, 0.05) is 0 Å². The Morgan fingerprint density at radius 1 is 0.897 bits per heavy atom. The lowest BCUT2D eigenvalue weighted by Gasteiger charge is -2.68. The molecule has 0 N–H and O–H groups in total. The molecule has 0 heteroatoms. The van der Waals surface area contributed by atoms with Gasteiger partial charge in [0.2, 0.25) is 0 Å². The third-order valence-electron chi connectivity index (χ3n) is 12.2. The zero-order valence-electron chi connectivity index (χ0n) is 20.2. The van der Waals surface area contributed by atoms with E-state index in [4.69, 9.17) is 0 Å². The van der Waals surface area contributed by atoms with Crippen molar-refractivity contribution in [3.63, 3.8) is 0 Å². The summed E-state index contributed by atoms with van der Waals surface area (Å²) in [6, 6.07) is 0. The average molecular weight is 395 g/mol. The van der Waals surface area contributed by atoms with Gasteiger partial charge >= 0.3 is 0 Å². The normalized spacial score (nSPS) is 54.3. The van der Waals surface area contributed by atoms with E-state index < -0.39 is 0 Å². The summed E-state index contributed by atoms with van der Waals surface area (Å²) in [7, 11) is 0. The van der Waals surface area contributed by atoms with Crippen molar-refractivity contribution in [3.8, 4) is 0 Å². The molecule has 0 aromatic rings. The molecule has 8 atom stereocenters. The minimum Gasteiger partial charge on any atom is -0.0995 e. The van der Waals surface area contributed by atoms with Gasteiger partial charge in [-0.15, -0.1) is 0 Å². The van der Waals surface area contributed by atoms with E-state index in [-0.39, 0.29) is 0 Å². The first-order chi connectivity index (χ1) is 13.6. The van der Waals surface area contributed by atoms with E-state index in [0.717, 1.165) is 29.6 Å². The van der Waals surface area contributed by atoms with Crippen LogP contribution in [0.5, 0.6) is 0 Å². The fraction of sp³-hybridized carbons (Fsp3) is 0.862. The van der Waals surface area contributed by atoms with Gasteiger partial charge in [-0.2, -0.15) is 0 Å². The summed E-state index contributed by atoms with van der Waals surface area (Å²) in [5.41, 5.74) is 5.44. The van der Waals surface area contributed by atoms with E-state index in [1.54, 1.807) is 5.57 Å². The quantitative estimate of drug-likeness (QED) is 0.391. The monoisotopic (exact) mass is 394 g/mol. The summed E-state index contributed by atoms with van der Waals surface area (Å²) in [4.78, 5) is 0. The summed E-state index contributed by atoms with van der Waals surface area (Å²) in [5, 5.41) is 0. The minimum atomic E-state index is 0.416. The molecule has 4 saturated carbocycles. The molecule has 0 radical (unpaired) electrons. The van der Waals surface area contributed by atoms with E-state index in [9.17, 15) is 0 Å². The first-order valence-corrected chi connectivity index (χ1v) is 13.0. The van der Waals surface area contributed by atoms with Crippen molar-refractivity contribution in [2.45, 2.75) is 106 Å². The lowest BCUT2D eigenvalue weighted by atomic mass is 9.36. The zero-order chi connectivity index (χ0) is 20.8. The minimum absolute atomic E-state index is 0.416. The number of rotatable bonds is 1. The topological polar surface area (TPSA) is 0 Å². The van der Waals surface area contributed by atoms with Gasteiger partial charge in [-0.3, -0.25) is 0 Å². The van der Waals surface area contributed by atoms with E-state index in [1.807, 2.05) is 5.57 Å². The van der Waals surface area contributed by atoms with Crippen molar-refractivity contribution in [2.24, 2.45) is 51.2 Å². The molecular weight excluding hydrogens is 348 g/mol. The largest absolute Gasteiger partial charge is 0.0995 e. The molecule has 0 nitrogen and oxygen atoms in total. The third kappa shape index (κ3) is 2.39. The Bertz CT molecular complexity index is 741. The number of allylic oxidation sites excluding steroid dienone is 3. The van der Waals surface area contributed by atoms with Crippen molar-refractivity contribution in [2.75, 3.05) is 0 Å². The standard InChI is InChI=1S/C29H46/c1-19(2)21-12-13-25-27(21,5)17-18-28(6)24-11-10-22-20(3)9-8-15-26(22,4)23(24)14-16-29(25,28)7/h14,19,21-22,24-25H,3,8-13,15-18H2,1-2,4-7H3. The summed E-state index contributed by atoms with van der Waals surface area (Å²) in [6.07, 6.45) is 16.9. The molecule has 4 fully saturated rings. The Hall–Kier alpha value is -0.520. The van der Waals surface area contributed by atoms with Crippen LogP contribution in [0.2, 0.25) is 0 Å². The molecule has 162 valence electrons. The molecule has 0 saturated heterocycles. The highest BCUT2D eigenvalue weighted by atomic mass is 14.7. The summed E-state index contributed by atoms with van der Waals surface area (Å²) in [5.74, 6) is 4.30. The number of hydrogen-bond donors (Lipinski definition) is 0. The lowest BCUT2D eigenvalue weighted by molar-refractivity contribution is -0.150. The Balaban J connectivity index is 1.56. The van der Waals surface area contributed by atoms with Crippen LogP contribution in [0.1, 0.15) is 106 Å². The van der Waals surface area contributed by atoms with Gasteiger partial charge in [-0.1, -0.05) is 65.3 Å². The zero-order valence-corrected chi connectivity index (χ0v) is 20.2. The molecule has 0 amide bonds. The van der Waals surface area contributed by atoms with E-state index >= 15 is 0 Å². The van der Waals surface area contributed by atoms with Crippen molar-refractivity contribution >= 4 is 0 Å². The Kier molecular flexibility index (Phi) is 4.40. The maximum Gasteiger partial charge on any atom is -0.00480 e. The molecule has 0 aromatic heterocycles.